The predicted octanol–water partition coefficient (Wildman–Crippen LogP) is 5.91. The first-order chi connectivity index (χ1) is 14.1. The number of hydrogen-bond acceptors (Lipinski definition) is 2. The van der Waals surface area contributed by atoms with Crippen LogP contribution in [0.5, 0.6) is 0 Å². The van der Waals surface area contributed by atoms with Crippen molar-refractivity contribution in [1.82, 2.24) is 14.3 Å². The fraction of sp³-hybridized carbons (Fsp3) is 0.440. The van der Waals surface area contributed by atoms with Gasteiger partial charge in [-0.3, -0.25) is 4.57 Å². The zero-order valence-corrected chi connectivity index (χ0v) is 20.2. The van der Waals surface area contributed by atoms with Crippen molar-refractivity contribution in [2.75, 3.05) is 0 Å². The Balaban J connectivity index is 1.74. The van der Waals surface area contributed by atoms with Crippen LogP contribution >= 0.6 is 15.9 Å². The van der Waals surface area contributed by atoms with Crippen molar-refractivity contribution in [2.45, 2.75) is 71.9 Å². The van der Waals surface area contributed by atoms with Crippen LogP contribution in [0.15, 0.2) is 57.8 Å². The molecule has 0 aliphatic carbocycles. The first-order valence-electron chi connectivity index (χ1n) is 10.7. The average molecular weight is 470 g/mol. The van der Waals surface area contributed by atoms with E-state index < -0.39 is 0 Å². The Labute approximate surface area is 188 Å². The normalized spacial score (nSPS) is 12.0. The summed E-state index contributed by atoms with van der Waals surface area (Å²) < 4.78 is 4.54. The lowest BCUT2D eigenvalue weighted by Gasteiger charge is -2.19. The summed E-state index contributed by atoms with van der Waals surface area (Å²) in [5.74, 6) is 0.874. The molecule has 4 nitrogen and oxygen atoms in total. The lowest BCUT2D eigenvalue weighted by molar-refractivity contribution is 0.538. The number of aryl methyl sites for hydroxylation is 2. The highest BCUT2D eigenvalue weighted by Crippen LogP contribution is 2.22. The molecule has 0 saturated heterocycles. The monoisotopic (exact) mass is 469 g/mol. The molecule has 2 aromatic carbocycles. The molecule has 0 fully saturated rings. The van der Waals surface area contributed by atoms with Crippen molar-refractivity contribution in [3.05, 3.63) is 86.0 Å². The van der Waals surface area contributed by atoms with Crippen LogP contribution in [-0.4, -0.2) is 14.3 Å². The highest BCUT2D eigenvalue weighted by Gasteiger charge is 2.17. The molecule has 1 aromatic heterocycles. The molecule has 30 heavy (non-hydrogen) atoms. The number of benzene rings is 2. The van der Waals surface area contributed by atoms with Gasteiger partial charge in [-0.15, -0.1) is 0 Å². The minimum absolute atomic E-state index is 0.0245. The van der Waals surface area contributed by atoms with Crippen molar-refractivity contribution in [3.8, 4) is 0 Å². The van der Waals surface area contributed by atoms with Crippen LogP contribution < -0.4 is 5.69 Å². The van der Waals surface area contributed by atoms with E-state index >= 15 is 0 Å². The van der Waals surface area contributed by atoms with Gasteiger partial charge in [0.25, 0.3) is 0 Å². The van der Waals surface area contributed by atoms with Crippen molar-refractivity contribution < 1.29 is 0 Å². The molecule has 0 N–H and O–H groups in total. The van der Waals surface area contributed by atoms with Gasteiger partial charge in [0.15, 0.2) is 0 Å². The molecular weight excluding hydrogens is 438 g/mol. The number of rotatable bonds is 7. The van der Waals surface area contributed by atoms with Gasteiger partial charge in [0.2, 0.25) is 0 Å². The molecule has 3 aromatic rings. The average Bonchev–Trinajstić information content (AvgIpc) is 2.98. The second-order valence-corrected chi connectivity index (χ2v) is 10.2. The van der Waals surface area contributed by atoms with Gasteiger partial charge in [-0.1, -0.05) is 73.1 Å². The predicted molar refractivity (Wildman–Crippen MR) is 127 cm³/mol. The van der Waals surface area contributed by atoms with E-state index in [0.717, 1.165) is 35.1 Å². The molecule has 0 bridgehead atoms. The van der Waals surface area contributed by atoms with E-state index in [2.05, 4.69) is 85.2 Å². The van der Waals surface area contributed by atoms with E-state index in [0.29, 0.717) is 6.54 Å². The van der Waals surface area contributed by atoms with Gasteiger partial charge in [-0.25, -0.2) is 9.48 Å². The molecule has 160 valence electrons. The maximum atomic E-state index is 13.0. The molecule has 0 saturated carbocycles. The zero-order valence-electron chi connectivity index (χ0n) is 18.7. The first-order valence-corrected chi connectivity index (χ1v) is 11.5. The topological polar surface area (TPSA) is 39.8 Å². The fourth-order valence-electron chi connectivity index (χ4n) is 3.64. The molecule has 0 unspecified atom stereocenters. The van der Waals surface area contributed by atoms with Crippen molar-refractivity contribution in [1.29, 1.82) is 0 Å². The van der Waals surface area contributed by atoms with Gasteiger partial charge in [0.1, 0.15) is 5.82 Å². The SMILES string of the molecule is CC(C)n1c(CCCc2ccc(Br)cc2)nn(Cc2ccc(C(C)(C)C)cc2)c1=O. The largest absolute Gasteiger partial charge is 0.346 e. The maximum Gasteiger partial charge on any atom is 0.346 e. The summed E-state index contributed by atoms with van der Waals surface area (Å²) in [5, 5.41) is 4.70. The Morgan fingerprint density at radius 1 is 0.933 bits per heavy atom. The van der Waals surface area contributed by atoms with Gasteiger partial charge in [-0.2, -0.15) is 5.10 Å². The van der Waals surface area contributed by atoms with Crippen molar-refractivity contribution in [3.63, 3.8) is 0 Å². The Kier molecular flexibility index (Phi) is 7.02. The van der Waals surface area contributed by atoms with Crippen LogP contribution in [0, 0.1) is 0 Å². The van der Waals surface area contributed by atoms with Crippen LogP contribution in [-0.2, 0) is 24.8 Å². The Hall–Kier alpha value is -2.14. The standard InChI is InChI=1S/C25H32BrN3O/c1-18(2)29-23(8-6-7-19-11-15-22(26)16-12-19)27-28(24(29)30)17-20-9-13-21(14-10-20)25(3,4)5/h9-16,18H,6-8,17H2,1-5H3. The molecule has 5 heteroatoms. The van der Waals surface area contributed by atoms with Crippen LogP contribution in [0.3, 0.4) is 0 Å². The molecular formula is C25H32BrN3O. The molecule has 0 radical (unpaired) electrons. The van der Waals surface area contributed by atoms with Crippen molar-refractivity contribution >= 4 is 15.9 Å². The Morgan fingerprint density at radius 3 is 2.10 bits per heavy atom. The summed E-state index contributed by atoms with van der Waals surface area (Å²) in [6.07, 6.45) is 2.73. The number of aromatic nitrogens is 3. The molecule has 3 rings (SSSR count). The van der Waals surface area contributed by atoms with Gasteiger partial charge >= 0.3 is 5.69 Å². The van der Waals surface area contributed by atoms with E-state index in [9.17, 15) is 4.79 Å². The minimum atomic E-state index is -0.0245. The summed E-state index contributed by atoms with van der Waals surface area (Å²) in [6.45, 7) is 11.2. The van der Waals surface area contributed by atoms with E-state index in [1.807, 2.05) is 18.4 Å². The highest BCUT2D eigenvalue weighted by atomic mass is 79.9. The number of hydrogen-bond donors (Lipinski definition) is 0. The Bertz CT molecular complexity index is 1020. The third kappa shape index (κ3) is 5.51. The Morgan fingerprint density at radius 2 is 1.53 bits per heavy atom. The molecule has 0 spiro atoms. The summed E-state index contributed by atoms with van der Waals surface area (Å²) in [5.41, 5.74) is 3.79. The van der Waals surface area contributed by atoms with Crippen LogP contribution in [0.1, 0.15) is 69.6 Å². The highest BCUT2D eigenvalue weighted by molar-refractivity contribution is 9.10. The molecule has 0 aliphatic rings. The van der Waals surface area contributed by atoms with E-state index in [-0.39, 0.29) is 17.1 Å². The van der Waals surface area contributed by atoms with Gasteiger partial charge in [0.05, 0.1) is 6.54 Å². The second-order valence-electron chi connectivity index (χ2n) is 9.25. The minimum Gasteiger partial charge on any atom is -0.276 e. The third-order valence-electron chi connectivity index (χ3n) is 5.39. The summed E-state index contributed by atoms with van der Waals surface area (Å²) in [4.78, 5) is 13.0. The number of nitrogens with zero attached hydrogens (tertiary/aromatic N) is 3. The van der Waals surface area contributed by atoms with Crippen LogP contribution in [0.4, 0.5) is 0 Å². The third-order valence-corrected chi connectivity index (χ3v) is 5.92. The smallest absolute Gasteiger partial charge is 0.276 e. The van der Waals surface area contributed by atoms with E-state index in [1.54, 1.807) is 4.68 Å². The lowest BCUT2D eigenvalue weighted by atomic mass is 9.87. The second kappa shape index (κ2) is 9.34. The van der Waals surface area contributed by atoms with E-state index in [1.165, 1.54) is 11.1 Å². The fourth-order valence-corrected chi connectivity index (χ4v) is 3.91. The van der Waals surface area contributed by atoms with E-state index in [4.69, 9.17) is 5.10 Å². The quantitative estimate of drug-likeness (QED) is 0.431. The van der Waals surface area contributed by atoms with Crippen LogP contribution in [0.25, 0.3) is 0 Å². The van der Waals surface area contributed by atoms with Gasteiger partial charge in [0, 0.05) is 16.9 Å². The molecule has 0 atom stereocenters. The van der Waals surface area contributed by atoms with Gasteiger partial charge in [-0.05, 0) is 60.9 Å². The molecule has 0 aliphatic heterocycles. The molecule has 1 heterocycles. The maximum absolute atomic E-state index is 13.0. The zero-order chi connectivity index (χ0) is 21.9. The first kappa shape index (κ1) is 22.5. The summed E-state index contributed by atoms with van der Waals surface area (Å²) in [7, 11) is 0. The number of halogens is 1. The molecule has 0 amide bonds. The van der Waals surface area contributed by atoms with Crippen molar-refractivity contribution in [2.24, 2.45) is 0 Å². The lowest BCUT2D eigenvalue weighted by Crippen LogP contribution is -2.27. The van der Waals surface area contributed by atoms with Crippen LogP contribution in [0.2, 0.25) is 0 Å². The van der Waals surface area contributed by atoms with Gasteiger partial charge < -0.3 is 0 Å². The summed E-state index contributed by atoms with van der Waals surface area (Å²) >= 11 is 3.48. The summed E-state index contributed by atoms with van der Waals surface area (Å²) in [6, 6.07) is 17.0.